The van der Waals surface area contributed by atoms with Gasteiger partial charge in [0.2, 0.25) is 0 Å². The van der Waals surface area contributed by atoms with Crippen LogP contribution in [0, 0.1) is 0 Å². The predicted molar refractivity (Wildman–Crippen MR) is 116 cm³/mol. The Balaban J connectivity index is 2.04. The molecule has 1 fully saturated rings. The molecule has 6 nitrogen and oxygen atoms in total. The van der Waals surface area contributed by atoms with Gasteiger partial charge in [-0.15, -0.1) is 11.3 Å². The molecule has 0 radical (unpaired) electrons. The first-order chi connectivity index (χ1) is 14.1. The lowest BCUT2D eigenvalue weighted by atomic mass is 9.79. The molecule has 1 aromatic heterocycles. The molecule has 4 N–H and O–H groups in total. The Hall–Kier alpha value is -1.03. The van der Waals surface area contributed by atoms with Gasteiger partial charge in [0, 0.05) is 28.3 Å². The summed E-state index contributed by atoms with van der Waals surface area (Å²) < 4.78 is 11.4. The second kappa shape index (κ2) is 9.22. The van der Waals surface area contributed by atoms with E-state index in [-0.39, 0.29) is 6.61 Å². The summed E-state index contributed by atoms with van der Waals surface area (Å²) in [6.45, 7) is 5.34. The van der Waals surface area contributed by atoms with Gasteiger partial charge in [-0.05, 0) is 55.7 Å². The maximum Gasteiger partial charge on any atom is 0.120 e. The zero-order chi connectivity index (χ0) is 22.2. The summed E-state index contributed by atoms with van der Waals surface area (Å²) in [5.74, 6) is 0. The van der Waals surface area contributed by atoms with E-state index in [4.69, 9.17) is 21.1 Å². The number of methoxy groups -OCH3 is 1. The molecule has 30 heavy (non-hydrogen) atoms. The number of hydrogen-bond donors (Lipinski definition) is 4. The Bertz CT molecular complexity index is 885. The van der Waals surface area contributed by atoms with Crippen LogP contribution in [0.1, 0.15) is 53.3 Å². The smallest absolute Gasteiger partial charge is 0.120 e. The van der Waals surface area contributed by atoms with Crippen LogP contribution in [0.2, 0.25) is 5.02 Å². The minimum Gasteiger partial charge on any atom is -0.388 e. The van der Waals surface area contributed by atoms with Crippen LogP contribution in [-0.4, -0.2) is 52.0 Å². The molecule has 0 bridgehead atoms. The van der Waals surface area contributed by atoms with Crippen molar-refractivity contribution in [3.63, 3.8) is 0 Å². The first kappa shape index (κ1) is 23.6. The Kier molecular flexibility index (Phi) is 7.26. The third-order valence-corrected chi connectivity index (χ3v) is 7.32. The van der Waals surface area contributed by atoms with E-state index in [1.165, 1.54) is 11.3 Å². The van der Waals surface area contributed by atoms with Crippen molar-refractivity contribution in [3.05, 3.63) is 55.7 Å². The topological polar surface area (TPSA) is 99.4 Å². The maximum atomic E-state index is 10.8. The van der Waals surface area contributed by atoms with E-state index in [0.717, 1.165) is 20.9 Å². The van der Waals surface area contributed by atoms with Crippen LogP contribution < -0.4 is 0 Å². The quantitative estimate of drug-likeness (QED) is 0.533. The molecule has 1 aliphatic rings. The average molecular weight is 457 g/mol. The standard InChI is InChI=1S/C22H29ClO6S/c1-11(24)18-6-5-15(30-18)7-13-8-16(14(10-28-4)9-17(13)23)22(3)21(27)20(26)19(25)12(2)29-22/h5-6,8-9,11-12,19-21,24-27H,7,10H2,1-4H3/t11-,12+,19+,20-,21+,22-/m0/s1. The minimum atomic E-state index is -1.35. The lowest BCUT2D eigenvalue weighted by Gasteiger charge is -2.47. The lowest BCUT2D eigenvalue weighted by molar-refractivity contribution is -0.263. The summed E-state index contributed by atoms with van der Waals surface area (Å²) in [7, 11) is 1.57. The van der Waals surface area contributed by atoms with Crippen molar-refractivity contribution >= 4 is 22.9 Å². The van der Waals surface area contributed by atoms with E-state index in [1.54, 1.807) is 33.9 Å². The van der Waals surface area contributed by atoms with Crippen LogP contribution in [0.5, 0.6) is 0 Å². The lowest BCUT2D eigenvalue weighted by Crippen LogP contribution is -2.61. The summed E-state index contributed by atoms with van der Waals surface area (Å²) in [5.41, 5.74) is 0.961. The Morgan fingerprint density at radius 3 is 2.50 bits per heavy atom. The molecule has 0 spiro atoms. The molecule has 1 saturated heterocycles. The summed E-state index contributed by atoms with van der Waals surface area (Å²) in [6.07, 6.45) is -4.53. The SMILES string of the molecule is COCc1cc(Cl)c(Cc2ccc([C@H](C)O)s2)cc1[C@]1(C)O[C@H](C)[C@@H](O)[C@H](O)[C@H]1O. The van der Waals surface area contributed by atoms with Crippen LogP contribution in [0.4, 0.5) is 0 Å². The van der Waals surface area contributed by atoms with Gasteiger partial charge in [0.1, 0.15) is 23.9 Å². The monoisotopic (exact) mass is 456 g/mol. The summed E-state index contributed by atoms with van der Waals surface area (Å²) >= 11 is 8.08. The normalized spacial score (nSPS) is 30.4. The minimum absolute atomic E-state index is 0.249. The number of rotatable bonds is 6. The Labute approximate surface area is 185 Å². The number of benzene rings is 1. The molecule has 0 unspecified atom stereocenters. The number of ether oxygens (including phenoxy) is 2. The molecule has 2 aromatic rings. The van der Waals surface area contributed by atoms with E-state index >= 15 is 0 Å². The average Bonchev–Trinajstić information content (AvgIpc) is 3.16. The van der Waals surface area contributed by atoms with Crippen molar-refractivity contribution < 1.29 is 29.9 Å². The van der Waals surface area contributed by atoms with Gasteiger partial charge in [-0.3, -0.25) is 0 Å². The molecule has 8 heteroatoms. The molecule has 3 rings (SSSR count). The molecular weight excluding hydrogens is 428 g/mol. The van der Waals surface area contributed by atoms with Crippen LogP contribution in [0.25, 0.3) is 0 Å². The third-order valence-electron chi connectivity index (χ3n) is 5.72. The molecule has 1 aromatic carbocycles. The molecule has 0 amide bonds. The highest BCUT2D eigenvalue weighted by atomic mass is 35.5. The summed E-state index contributed by atoms with van der Waals surface area (Å²) in [6, 6.07) is 7.52. The molecule has 2 heterocycles. The number of thiophene rings is 1. The second-order valence-corrected chi connectivity index (χ2v) is 9.65. The van der Waals surface area contributed by atoms with Gasteiger partial charge in [0.15, 0.2) is 0 Å². The van der Waals surface area contributed by atoms with E-state index in [2.05, 4.69) is 0 Å². The van der Waals surface area contributed by atoms with Crippen LogP contribution >= 0.6 is 22.9 Å². The molecule has 0 saturated carbocycles. The first-order valence-electron chi connectivity index (χ1n) is 9.87. The van der Waals surface area contributed by atoms with Crippen molar-refractivity contribution in [1.29, 1.82) is 0 Å². The number of aliphatic hydroxyl groups is 4. The number of hydrogen-bond acceptors (Lipinski definition) is 7. The van der Waals surface area contributed by atoms with Gasteiger partial charge in [-0.2, -0.15) is 0 Å². The summed E-state index contributed by atoms with van der Waals surface area (Å²) in [5, 5.41) is 41.6. The maximum absolute atomic E-state index is 10.8. The zero-order valence-electron chi connectivity index (χ0n) is 17.5. The van der Waals surface area contributed by atoms with Crippen molar-refractivity contribution in [3.8, 4) is 0 Å². The Morgan fingerprint density at radius 1 is 1.20 bits per heavy atom. The molecule has 166 valence electrons. The fourth-order valence-electron chi connectivity index (χ4n) is 3.97. The highest BCUT2D eigenvalue weighted by molar-refractivity contribution is 7.12. The van der Waals surface area contributed by atoms with Crippen LogP contribution in [0.3, 0.4) is 0 Å². The van der Waals surface area contributed by atoms with Gasteiger partial charge < -0.3 is 29.9 Å². The van der Waals surface area contributed by atoms with E-state index in [1.807, 2.05) is 18.2 Å². The first-order valence-corrected chi connectivity index (χ1v) is 11.1. The second-order valence-electron chi connectivity index (χ2n) is 8.05. The van der Waals surface area contributed by atoms with Crippen molar-refractivity contribution in [2.75, 3.05) is 7.11 Å². The molecule has 1 aliphatic heterocycles. The van der Waals surface area contributed by atoms with Crippen LogP contribution in [0.15, 0.2) is 24.3 Å². The third kappa shape index (κ3) is 4.45. The number of aliphatic hydroxyl groups excluding tert-OH is 4. The van der Waals surface area contributed by atoms with Gasteiger partial charge in [0.25, 0.3) is 0 Å². The zero-order valence-corrected chi connectivity index (χ0v) is 19.1. The number of halogens is 1. The predicted octanol–water partition coefficient (Wildman–Crippen LogP) is 2.91. The van der Waals surface area contributed by atoms with Gasteiger partial charge >= 0.3 is 0 Å². The highest BCUT2D eigenvalue weighted by Crippen LogP contribution is 2.42. The molecule has 0 aliphatic carbocycles. The molecular formula is C22H29ClO6S. The van der Waals surface area contributed by atoms with Gasteiger partial charge in [-0.25, -0.2) is 0 Å². The van der Waals surface area contributed by atoms with Crippen molar-refractivity contribution in [2.45, 2.75) is 69.9 Å². The van der Waals surface area contributed by atoms with E-state index < -0.39 is 36.1 Å². The fourth-order valence-corrected chi connectivity index (χ4v) is 5.20. The highest BCUT2D eigenvalue weighted by Gasteiger charge is 2.51. The molecule has 6 atom stereocenters. The van der Waals surface area contributed by atoms with Crippen molar-refractivity contribution in [1.82, 2.24) is 0 Å². The fraction of sp³-hybridized carbons (Fsp3) is 0.545. The van der Waals surface area contributed by atoms with Gasteiger partial charge in [-0.1, -0.05) is 17.7 Å². The largest absolute Gasteiger partial charge is 0.388 e. The summed E-state index contributed by atoms with van der Waals surface area (Å²) in [4.78, 5) is 1.92. The van der Waals surface area contributed by atoms with Crippen LogP contribution in [-0.2, 0) is 28.1 Å². The van der Waals surface area contributed by atoms with E-state index in [0.29, 0.717) is 17.0 Å². The van der Waals surface area contributed by atoms with E-state index in [9.17, 15) is 20.4 Å². The Morgan fingerprint density at radius 2 is 1.90 bits per heavy atom. The van der Waals surface area contributed by atoms with Crippen molar-refractivity contribution in [2.24, 2.45) is 0 Å². The van der Waals surface area contributed by atoms with Gasteiger partial charge in [0.05, 0.1) is 18.8 Å².